The van der Waals surface area contributed by atoms with Crippen molar-refractivity contribution in [1.29, 1.82) is 0 Å². The van der Waals surface area contributed by atoms with Crippen LogP contribution >= 0.6 is 11.3 Å². The number of rotatable bonds is 9. The molecular formula is C25H31N5O3S. The number of nitrogens with zero attached hydrogens (tertiary/aromatic N) is 4. The Labute approximate surface area is 204 Å². The number of thiophene rings is 1. The van der Waals surface area contributed by atoms with E-state index in [1.807, 2.05) is 30.0 Å². The number of hydrogen-bond acceptors (Lipinski definition) is 8. The van der Waals surface area contributed by atoms with Gasteiger partial charge in [-0.1, -0.05) is 12.1 Å². The fourth-order valence-electron chi connectivity index (χ4n) is 3.99. The van der Waals surface area contributed by atoms with Gasteiger partial charge in [0, 0.05) is 44.2 Å². The first kappa shape index (κ1) is 24.0. The first-order chi connectivity index (χ1) is 16.5. The number of aryl methyl sites for hydroxylation is 1. The molecule has 180 valence electrons. The van der Waals surface area contributed by atoms with Gasteiger partial charge >= 0.3 is 6.01 Å². The van der Waals surface area contributed by atoms with E-state index in [2.05, 4.69) is 51.9 Å². The van der Waals surface area contributed by atoms with Gasteiger partial charge in [-0.05, 0) is 55.2 Å². The Kier molecular flexibility index (Phi) is 7.64. The van der Waals surface area contributed by atoms with Crippen LogP contribution in [-0.2, 0) is 6.54 Å². The van der Waals surface area contributed by atoms with Crippen molar-refractivity contribution in [3.8, 4) is 11.8 Å². The second kappa shape index (κ2) is 10.8. The minimum atomic E-state index is -0.0773. The van der Waals surface area contributed by atoms with Crippen LogP contribution in [-0.4, -0.2) is 61.6 Å². The lowest BCUT2D eigenvalue weighted by molar-refractivity contribution is 0.0754. The van der Waals surface area contributed by atoms with Crippen LogP contribution in [0.3, 0.4) is 0 Å². The number of carbonyl (C=O) groups is 1. The zero-order valence-corrected chi connectivity index (χ0v) is 20.9. The lowest BCUT2D eigenvalue weighted by Crippen LogP contribution is -2.33. The second-order valence-electron chi connectivity index (χ2n) is 8.34. The van der Waals surface area contributed by atoms with Gasteiger partial charge in [-0.2, -0.15) is 4.98 Å². The number of ether oxygens (including phenoxy) is 2. The Morgan fingerprint density at radius 2 is 2.12 bits per heavy atom. The van der Waals surface area contributed by atoms with Crippen LogP contribution < -0.4 is 19.7 Å². The Morgan fingerprint density at radius 3 is 2.82 bits per heavy atom. The summed E-state index contributed by atoms with van der Waals surface area (Å²) < 4.78 is 11.5. The number of aromatic nitrogens is 2. The minimum Gasteiger partial charge on any atom is -0.485 e. The van der Waals surface area contributed by atoms with Gasteiger partial charge in [0.2, 0.25) is 0 Å². The van der Waals surface area contributed by atoms with E-state index in [1.165, 1.54) is 12.0 Å². The maximum atomic E-state index is 13.3. The standard InChI is InChI=1S/C25H31N5O3S/c1-17-14-19(33-21(9-10-26-2)22-6-5-13-34-22)8-7-18(17)16-30-12-11-29(3)23-20(24(30)31)15-27-25(28-23)32-4/h5-8,13-15,21,26H,9-12,16H2,1-4H3/t21-/m0/s1. The maximum absolute atomic E-state index is 13.3. The summed E-state index contributed by atoms with van der Waals surface area (Å²) >= 11 is 1.71. The monoisotopic (exact) mass is 481 g/mol. The van der Waals surface area contributed by atoms with E-state index < -0.39 is 0 Å². The molecule has 0 radical (unpaired) electrons. The highest BCUT2D eigenvalue weighted by Crippen LogP contribution is 2.30. The predicted molar refractivity (Wildman–Crippen MR) is 134 cm³/mol. The highest BCUT2D eigenvalue weighted by Gasteiger charge is 2.27. The van der Waals surface area contributed by atoms with Crippen molar-refractivity contribution in [2.24, 2.45) is 0 Å². The smallest absolute Gasteiger partial charge is 0.318 e. The van der Waals surface area contributed by atoms with Crippen molar-refractivity contribution in [3.63, 3.8) is 0 Å². The van der Waals surface area contributed by atoms with Crippen LogP contribution in [0.4, 0.5) is 5.82 Å². The Hall–Kier alpha value is -3.17. The summed E-state index contributed by atoms with van der Waals surface area (Å²) in [6.45, 7) is 4.72. The lowest BCUT2D eigenvalue weighted by atomic mass is 10.1. The van der Waals surface area contributed by atoms with Gasteiger partial charge in [-0.25, -0.2) is 4.98 Å². The van der Waals surface area contributed by atoms with Crippen LogP contribution in [0.5, 0.6) is 11.8 Å². The molecule has 1 N–H and O–H groups in total. The number of carbonyl (C=O) groups excluding carboxylic acids is 1. The number of likely N-dealkylation sites (N-methyl/N-ethyl adjacent to an activating group) is 1. The van der Waals surface area contributed by atoms with Gasteiger partial charge in [0.25, 0.3) is 5.91 Å². The van der Waals surface area contributed by atoms with Crippen molar-refractivity contribution in [2.75, 3.05) is 45.7 Å². The van der Waals surface area contributed by atoms with Gasteiger partial charge in [-0.3, -0.25) is 4.79 Å². The number of hydrogen-bond donors (Lipinski definition) is 1. The summed E-state index contributed by atoms with van der Waals surface area (Å²) in [5.41, 5.74) is 2.67. The van der Waals surface area contributed by atoms with Gasteiger partial charge in [0.1, 0.15) is 23.2 Å². The molecule has 34 heavy (non-hydrogen) atoms. The summed E-state index contributed by atoms with van der Waals surface area (Å²) in [5.74, 6) is 1.36. The quantitative estimate of drug-likeness (QED) is 0.499. The number of fused-ring (bicyclic) bond motifs is 1. The molecule has 9 heteroatoms. The zero-order valence-electron chi connectivity index (χ0n) is 20.1. The number of benzene rings is 1. The van der Waals surface area contributed by atoms with Crippen LogP contribution in [0.25, 0.3) is 0 Å². The molecule has 0 saturated heterocycles. The fraction of sp³-hybridized carbons (Fsp3) is 0.400. The normalized spacial score (nSPS) is 14.5. The summed E-state index contributed by atoms with van der Waals surface area (Å²) in [6, 6.07) is 10.5. The zero-order chi connectivity index (χ0) is 24.1. The first-order valence-corrected chi connectivity index (χ1v) is 12.2. The highest BCUT2D eigenvalue weighted by atomic mass is 32.1. The lowest BCUT2D eigenvalue weighted by Gasteiger charge is -2.23. The van der Waals surface area contributed by atoms with E-state index in [1.54, 1.807) is 17.5 Å². The molecule has 0 fully saturated rings. The molecule has 0 aliphatic carbocycles. The van der Waals surface area contributed by atoms with E-state index in [0.29, 0.717) is 31.0 Å². The summed E-state index contributed by atoms with van der Waals surface area (Å²) in [5, 5.41) is 5.28. The molecule has 1 aromatic carbocycles. The van der Waals surface area contributed by atoms with Crippen molar-refractivity contribution >= 4 is 23.1 Å². The molecule has 4 rings (SSSR count). The number of methoxy groups -OCH3 is 1. The molecular weight excluding hydrogens is 450 g/mol. The van der Waals surface area contributed by atoms with Crippen LogP contribution in [0.2, 0.25) is 0 Å². The van der Waals surface area contributed by atoms with E-state index in [-0.39, 0.29) is 18.0 Å². The summed E-state index contributed by atoms with van der Waals surface area (Å²) in [4.78, 5) is 26.9. The molecule has 1 amide bonds. The van der Waals surface area contributed by atoms with Gasteiger partial charge < -0.3 is 24.6 Å². The Balaban J connectivity index is 1.50. The van der Waals surface area contributed by atoms with Gasteiger partial charge in [0.05, 0.1) is 7.11 Å². The molecule has 3 heterocycles. The van der Waals surface area contributed by atoms with Gasteiger partial charge in [0.15, 0.2) is 0 Å². The molecule has 0 bridgehead atoms. The minimum absolute atomic E-state index is 0.00825. The molecule has 1 aliphatic heterocycles. The fourth-order valence-corrected chi connectivity index (χ4v) is 4.78. The number of anilines is 1. The topological polar surface area (TPSA) is 79.8 Å². The van der Waals surface area contributed by atoms with Crippen LogP contribution in [0.15, 0.2) is 41.9 Å². The van der Waals surface area contributed by atoms with Crippen molar-refractivity contribution < 1.29 is 14.3 Å². The molecule has 0 spiro atoms. The van der Waals surface area contributed by atoms with E-state index in [4.69, 9.17) is 9.47 Å². The average molecular weight is 482 g/mol. The number of amides is 1. The van der Waals surface area contributed by atoms with Crippen molar-refractivity contribution in [3.05, 3.63) is 63.5 Å². The molecule has 0 saturated carbocycles. The SMILES string of the molecule is CNCC[C@H](Oc1ccc(CN2CCN(C)c3nc(OC)ncc3C2=O)c(C)c1)c1cccs1. The Bertz CT molecular complexity index is 1120. The average Bonchev–Trinajstić information content (AvgIpc) is 3.36. The van der Waals surface area contributed by atoms with Crippen LogP contribution in [0, 0.1) is 6.92 Å². The van der Waals surface area contributed by atoms with Gasteiger partial charge in [-0.15, -0.1) is 11.3 Å². The first-order valence-electron chi connectivity index (χ1n) is 11.4. The number of nitrogens with one attached hydrogen (secondary N) is 1. The molecule has 0 unspecified atom stereocenters. The van der Waals surface area contributed by atoms with E-state index in [9.17, 15) is 4.79 Å². The van der Waals surface area contributed by atoms with Crippen LogP contribution in [0.1, 0.15) is 38.9 Å². The molecule has 1 atom stereocenters. The highest BCUT2D eigenvalue weighted by molar-refractivity contribution is 7.10. The summed E-state index contributed by atoms with van der Waals surface area (Å²) in [6.07, 6.45) is 2.45. The van der Waals surface area contributed by atoms with E-state index in [0.717, 1.165) is 29.8 Å². The second-order valence-corrected chi connectivity index (χ2v) is 9.32. The third-order valence-electron chi connectivity index (χ3n) is 5.98. The largest absolute Gasteiger partial charge is 0.485 e. The third-order valence-corrected chi connectivity index (χ3v) is 6.95. The maximum Gasteiger partial charge on any atom is 0.318 e. The van der Waals surface area contributed by atoms with Crippen molar-refractivity contribution in [2.45, 2.75) is 26.0 Å². The molecule has 1 aliphatic rings. The molecule has 2 aromatic heterocycles. The molecule has 3 aromatic rings. The summed E-state index contributed by atoms with van der Waals surface area (Å²) in [7, 11) is 5.40. The Morgan fingerprint density at radius 1 is 1.26 bits per heavy atom. The molecule has 8 nitrogen and oxygen atoms in total. The van der Waals surface area contributed by atoms with E-state index >= 15 is 0 Å². The van der Waals surface area contributed by atoms with Crippen molar-refractivity contribution in [1.82, 2.24) is 20.2 Å². The third kappa shape index (κ3) is 5.31. The predicted octanol–water partition coefficient (Wildman–Crippen LogP) is 3.68.